The molecule has 5 nitrogen and oxygen atoms in total. The fourth-order valence-corrected chi connectivity index (χ4v) is 1.48. The molecular weight excluding hydrogens is 240 g/mol. The van der Waals surface area contributed by atoms with Crippen LogP contribution in [0.1, 0.15) is 17.3 Å². The van der Waals surface area contributed by atoms with Gasteiger partial charge in [0.15, 0.2) is 6.29 Å². The van der Waals surface area contributed by atoms with Crippen molar-refractivity contribution in [3.8, 4) is 0 Å². The van der Waals surface area contributed by atoms with E-state index in [-0.39, 0.29) is 12.5 Å². The largest absolute Gasteiger partial charge is 0.369 e. The Kier molecular flexibility index (Phi) is 5.51. The Balaban J connectivity index is 2.58. The highest BCUT2D eigenvalue weighted by atomic mass is 32.1. The highest BCUT2D eigenvalue weighted by Gasteiger charge is 2.11. The summed E-state index contributed by atoms with van der Waals surface area (Å²) < 4.78 is 5.46. The Morgan fingerprint density at radius 1 is 1.71 bits per heavy atom. The van der Waals surface area contributed by atoms with E-state index in [1.54, 1.807) is 25.3 Å². The first kappa shape index (κ1) is 13.5. The van der Waals surface area contributed by atoms with Gasteiger partial charge in [-0.25, -0.2) is 0 Å². The molecule has 0 aromatic carbocycles. The molecule has 1 aromatic heterocycles. The predicted octanol–water partition coefficient (Wildman–Crippen LogP) is 1.08. The molecule has 1 heterocycles. The Morgan fingerprint density at radius 3 is 3.06 bits per heavy atom. The van der Waals surface area contributed by atoms with Gasteiger partial charge in [-0.15, -0.1) is 0 Å². The van der Waals surface area contributed by atoms with E-state index in [0.29, 0.717) is 23.1 Å². The quantitative estimate of drug-likeness (QED) is 0.588. The van der Waals surface area contributed by atoms with Gasteiger partial charge >= 0.3 is 0 Å². The number of aromatic nitrogens is 1. The maximum Gasteiger partial charge on any atom is 0.254 e. The van der Waals surface area contributed by atoms with E-state index in [4.69, 9.17) is 17.0 Å². The molecule has 1 unspecified atom stereocenters. The number of nitrogens with one attached hydrogen (secondary N) is 2. The number of aromatic amines is 1. The van der Waals surface area contributed by atoms with Crippen LogP contribution in [0.5, 0.6) is 0 Å². The van der Waals surface area contributed by atoms with Crippen LogP contribution in [0, 0.1) is 4.64 Å². The molecule has 0 fully saturated rings. The van der Waals surface area contributed by atoms with Gasteiger partial charge < -0.3 is 19.8 Å². The average Bonchev–Trinajstić information content (AvgIpc) is 2.34. The molecule has 0 saturated carbocycles. The number of hydrogen-bond donors (Lipinski definition) is 2. The minimum Gasteiger partial charge on any atom is -0.369 e. The first-order chi connectivity index (χ1) is 8.19. The van der Waals surface area contributed by atoms with Crippen molar-refractivity contribution >= 4 is 24.4 Å². The molecule has 1 rings (SSSR count). The van der Waals surface area contributed by atoms with E-state index in [1.807, 2.05) is 0 Å². The molecule has 0 radical (unpaired) electrons. The highest BCUT2D eigenvalue weighted by Crippen LogP contribution is 1.99. The van der Waals surface area contributed by atoms with Crippen LogP contribution < -0.4 is 5.32 Å². The summed E-state index contributed by atoms with van der Waals surface area (Å²) >= 11 is 4.97. The maximum absolute atomic E-state index is 11.7. The first-order valence-corrected chi connectivity index (χ1v) is 5.62. The van der Waals surface area contributed by atoms with Crippen LogP contribution in [0.25, 0.3) is 0 Å². The normalized spacial score (nSPS) is 11.8. The average molecular weight is 254 g/mol. The summed E-state index contributed by atoms with van der Waals surface area (Å²) in [5, 5.41) is 2.59. The minimum atomic E-state index is -0.620. The van der Waals surface area contributed by atoms with Crippen LogP contribution in [-0.2, 0) is 9.53 Å². The van der Waals surface area contributed by atoms with Crippen LogP contribution in [0.2, 0.25) is 0 Å². The molecular formula is C11H14N2O3S. The summed E-state index contributed by atoms with van der Waals surface area (Å²) in [5.74, 6) is -0.321. The SMILES string of the molecule is CCOC(C=O)CNC(=O)c1ccc[nH]c1=S. The Hall–Kier alpha value is -1.53. The van der Waals surface area contributed by atoms with Crippen molar-refractivity contribution in [1.82, 2.24) is 10.3 Å². The molecule has 6 heteroatoms. The Morgan fingerprint density at radius 2 is 2.47 bits per heavy atom. The van der Waals surface area contributed by atoms with E-state index in [1.165, 1.54) is 0 Å². The molecule has 0 saturated heterocycles. The van der Waals surface area contributed by atoms with E-state index >= 15 is 0 Å². The Labute approximate surface area is 104 Å². The third-order valence-corrected chi connectivity index (χ3v) is 2.40. The zero-order chi connectivity index (χ0) is 12.7. The number of carbonyl (C=O) groups excluding carboxylic acids is 2. The fraction of sp³-hybridized carbons (Fsp3) is 0.364. The molecule has 1 amide bonds. The summed E-state index contributed by atoms with van der Waals surface area (Å²) in [4.78, 5) is 25.1. The number of aldehydes is 1. The van der Waals surface area contributed by atoms with Gasteiger partial charge in [0.25, 0.3) is 5.91 Å². The summed E-state index contributed by atoms with van der Waals surface area (Å²) in [7, 11) is 0. The van der Waals surface area contributed by atoms with Gasteiger partial charge in [-0.05, 0) is 19.1 Å². The number of carbonyl (C=O) groups is 2. The summed E-state index contributed by atoms with van der Waals surface area (Å²) in [5.41, 5.74) is 0.378. The maximum atomic E-state index is 11.7. The third kappa shape index (κ3) is 4.08. The number of hydrogen-bond acceptors (Lipinski definition) is 4. The molecule has 0 bridgehead atoms. The van der Waals surface area contributed by atoms with Gasteiger partial charge in [0, 0.05) is 12.8 Å². The minimum absolute atomic E-state index is 0.139. The fourth-order valence-electron chi connectivity index (χ4n) is 1.25. The summed E-state index contributed by atoms with van der Waals surface area (Å²) in [6.45, 7) is 2.34. The van der Waals surface area contributed by atoms with Crippen molar-refractivity contribution in [1.29, 1.82) is 0 Å². The first-order valence-electron chi connectivity index (χ1n) is 5.21. The monoisotopic (exact) mass is 254 g/mol. The lowest BCUT2D eigenvalue weighted by Gasteiger charge is -2.11. The zero-order valence-electron chi connectivity index (χ0n) is 9.43. The molecule has 2 N–H and O–H groups in total. The van der Waals surface area contributed by atoms with Gasteiger partial charge in [-0.2, -0.15) is 0 Å². The van der Waals surface area contributed by atoms with E-state index < -0.39 is 6.10 Å². The van der Waals surface area contributed by atoms with Crippen molar-refractivity contribution < 1.29 is 14.3 Å². The lowest BCUT2D eigenvalue weighted by molar-refractivity contribution is -0.117. The summed E-state index contributed by atoms with van der Waals surface area (Å²) in [6, 6.07) is 3.30. The lowest BCUT2D eigenvalue weighted by Crippen LogP contribution is -2.34. The molecule has 17 heavy (non-hydrogen) atoms. The van der Waals surface area contributed by atoms with Crippen molar-refractivity contribution in [2.45, 2.75) is 13.0 Å². The summed E-state index contributed by atoms with van der Waals surface area (Å²) in [6.07, 6.45) is 1.69. The zero-order valence-corrected chi connectivity index (χ0v) is 10.3. The van der Waals surface area contributed by atoms with Crippen LogP contribution in [0.3, 0.4) is 0 Å². The van der Waals surface area contributed by atoms with Crippen LogP contribution in [0.15, 0.2) is 18.3 Å². The lowest BCUT2D eigenvalue weighted by atomic mass is 10.2. The number of rotatable bonds is 6. The molecule has 0 aliphatic heterocycles. The second-order valence-electron chi connectivity index (χ2n) is 3.25. The van der Waals surface area contributed by atoms with Crippen LogP contribution >= 0.6 is 12.2 Å². The topological polar surface area (TPSA) is 71.2 Å². The van der Waals surface area contributed by atoms with Crippen molar-refractivity contribution in [2.24, 2.45) is 0 Å². The van der Waals surface area contributed by atoms with E-state index in [9.17, 15) is 9.59 Å². The second kappa shape index (κ2) is 6.93. The van der Waals surface area contributed by atoms with Crippen LogP contribution in [0.4, 0.5) is 0 Å². The Bertz CT molecular complexity index is 444. The van der Waals surface area contributed by atoms with Gasteiger partial charge in [-0.1, -0.05) is 12.2 Å². The number of pyridine rings is 1. The van der Waals surface area contributed by atoms with Gasteiger partial charge in [0.05, 0.1) is 12.1 Å². The molecule has 0 spiro atoms. The predicted molar refractivity (Wildman–Crippen MR) is 65.4 cm³/mol. The van der Waals surface area contributed by atoms with Crippen molar-refractivity contribution in [3.63, 3.8) is 0 Å². The van der Waals surface area contributed by atoms with Crippen LogP contribution in [-0.4, -0.2) is 36.4 Å². The molecule has 92 valence electrons. The smallest absolute Gasteiger partial charge is 0.254 e. The third-order valence-electron chi connectivity index (χ3n) is 2.06. The highest BCUT2D eigenvalue weighted by molar-refractivity contribution is 7.71. The standard InChI is InChI=1S/C11H14N2O3S/c1-2-16-8(7-14)6-13-10(15)9-4-3-5-12-11(9)17/h3-5,7-8H,2,6H2,1H3,(H,12,17)(H,13,15). The van der Waals surface area contributed by atoms with Crippen molar-refractivity contribution in [2.75, 3.05) is 13.2 Å². The molecule has 1 aromatic rings. The molecule has 1 atom stereocenters. The van der Waals surface area contributed by atoms with Crippen molar-refractivity contribution in [3.05, 3.63) is 28.5 Å². The molecule has 0 aliphatic carbocycles. The van der Waals surface area contributed by atoms with Gasteiger partial charge in [0.2, 0.25) is 0 Å². The van der Waals surface area contributed by atoms with E-state index in [2.05, 4.69) is 10.3 Å². The number of H-pyrrole nitrogens is 1. The van der Waals surface area contributed by atoms with Gasteiger partial charge in [0.1, 0.15) is 10.7 Å². The second-order valence-corrected chi connectivity index (χ2v) is 3.66. The van der Waals surface area contributed by atoms with Gasteiger partial charge in [-0.3, -0.25) is 4.79 Å². The molecule has 0 aliphatic rings. The number of ether oxygens (including phenoxy) is 1. The number of amides is 1. The van der Waals surface area contributed by atoms with E-state index in [0.717, 1.165) is 0 Å².